The third-order valence-electron chi connectivity index (χ3n) is 5.16. The van der Waals surface area contributed by atoms with Crippen LogP contribution in [-0.4, -0.2) is 63.0 Å². The van der Waals surface area contributed by atoms with E-state index in [-0.39, 0.29) is 0 Å². The molecule has 2 heterocycles. The predicted octanol–water partition coefficient (Wildman–Crippen LogP) is 1.25. The summed E-state index contributed by atoms with van der Waals surface area (Å²) in [5, 5.41) is 3.48. The average molecular weight is 268 g/mol. The lowest BCUT2D eigenvalue weighted by Crippen LogP contribution is -2.56. The van der Waals surface area contributed by atoms with Crippen LogP contribution in [0.1, 0.15) is 32.1 Å². The highest BCUT2D eigenvalue weighted by molar-refractivity contribution is 4.90. The predicted molar refractivity (Wildman–Crippen MR) is 75.3 cm³/mol. The molecule has 1 saturated carbocycles. The molecule has 4 heteroatoms. The van der Waals surface area contributed by atoms with Gasteiger partial charge in [0.2, 0.25) is 0 Å². The summed E-state index contributed by atoms with van der Waals surface area (Å²) in [5.74, 6) is 0.638. The average Bonchev–Trinajstić information content (AvgIpc) is 2.48. The Morgan fingerprint density at radius 1 is 1.16 bits per heavy atom. The van der Waals surface area contributed by atoms with E-state index in [0.717, 1.165) is 32.8 Å². The van der Waals surface area contributed by atoms with Gasteiger partial charge in [-0.2, -0.15) is 0 Å². The van der Waals surface area contributed by atoms with E-state index in [1.165, 1.54) is 32.2 Å². The molecule has 3 aliphatic rings. The lowest BCUT2D eigenvalue weighted by molar-refractivity contribution is -0.0996. The molecular formula is C15H28N2O2. The number of rotatable bonds is 3. The zero-order valence-corrected chi connectivity index (χ0v) is 12.1. The van der Waals surface area contributed by atoms with Gasteiger partial charge in [0.05, 0.1) is 19.3 Å². The molecule has 1 aliphatic carbocycles. The minimum Gasteiger partial charge on any atom is -0.381 e. The van der Waals surface area contributed by atoms with Gasteiger partial charge in [0, 0.05) is 37.7 Å². The smallest absolute Gasteiger partial charge is 0.0730 e. The van der Waals surface area contributed by atoms with Gasteiger partial charge in [-0.15, -0.1) is 0 Å². The zero-order chi connectivity index (χ0) is 13.1. The number of hydrogen-bond donors (Lipinski definition) is 1. The van der Waals surface area contributed by atoms with E-state index in [2.05, 4.69) is 17.3 Å². The summed E-state index contributed by atoms with van der Waals surface area (Å²) in [6.45, 7) is 5.03. The highest BCUT2D eigenvalue weighted by atomic mass is 16.5. The highest BCUT2D eigenvalue weighted by Gasteiger charge is 2.36. The Bertz CT molecular complexity index is 285. The van der Waals surface area contributed by atoms with Gasteiger partial charge in [0.1, 0.15) is 0 Å². The topological polar surface area (TPSA) is 33.7 Å². The van der Waals surface area contributed by atoms with Crippen LogP contribution >= 0.6 is 0 Å². The van der Waals surface area contributed by atoms with Crippen molar-refractivity contribution in [2.45, 2.75) is 50.3 Å². The fourth-order valence-corrected chi connectivity index (χ4v) is 4.06. The van der Waals surface area contributed by atoms with E-state index in [0.29, 0.717) is 24.1 Å². The third-order valence-corrected chi connectivity index (χ3v) is 5.16. The van der Waals surface area contributed by atoms with Gasteiger partial charge < -0.3 is 14.8 Å². The second kappa shape index (κ2) is 6.53. The van der Waals surface area contributed by atoms with Crippen molar-refractivity contribution < 1.29 is 9.47 Å². The van der Waals surface area contributed by atoms with Crippen LogP contribution in [0.5, 0.6) is 0 Å². The van der Waals surface area contributed by atoms with E-state index < -0.39 is 0 Å². The number of hydrogen-bond acceptors (Lipinski definition) is 4. The van der Waals surface area contributed by atoms with Gasteiger partial charge in [0.25, 0.3) is 0 Å². The molecule has 0 aromatic carbocycles. The van der Waals surface area contributed by atoms with Crippen molar-refractivity contribution in [2.75, 3.05) is 40.0 Å². The van der Waals surface area contributed by atoms with Crippen molar-refractivity contribution in [3.63, 3.8) is 0 Å². The van der Waals surface area contributed by atoms with E-state index in [1.807, 2.05) is 0 Å². The maximum atomic E-state index is 5.97. The van der Waals surface area contributed by atoms with Crippen LogP contribution in [-0.2, 0) is 9.47 Å². The van der Waals surface area contributed by atoms with Gasteiger partial charge in [-0.25, -0.2) is 0 Å². The van der Waals surface area contributed by atoms with Gasteiger partial charge in [-0.1, -0.05) is 12.8 Å². The van der Waals surface area contributed by atoms with Gasteiger partial charge >= 0.3 is 0 Å². The van der Waals surface area contributed by atoms with Crippen molar-refractivity contribution in [2.24, 2.45) is 5.92 Å². The molecule has 110 valence electrons. The number of nitrogens with one attached hydrogen (secondary N) is 1. The summed E-state index contributed by atoms with van der Waals surface area (Å²) < 4.78 is 11.7. The Kier molecular flexibility index (Phi) is 4.74. The Labute approximate surface area is 116 Å². The van der Waals surface area contributed by atoms with Crippen molar-refractivity contribution in [3.8, 4) is 0 Å². The van der Waals surface area contributed by atoms with Crippen molar-refractivity contribution in [3.05, 3.63) is 0 Å². The van der Waals surface area contributed by atoms with Crippen LogP contribution in [0.25, 0.3) is 0 Å². The summed E-state index contributed by atoms with van der Waals surface area (Å²) in [7, 11) is 2.09. The first-order chi connectivity index (χ1) is 9.38. The fourth-order valence-electron chi connectivity index (χ4n) is 4.06. The lowest BCUT2D eigenvalue weighted by atomic mass is 9.88. The summed E-state index contributed by atoms with van der Waals surface area (Å²) in [5.41, 5.74) is 0. The lowest BCUT2D eigenvalue weighted by Gasteiger charge is -2.46. The maximum absolute atomic E-state index is 5.97. The first-order valence-corrected chi connectivity index (χ1v) is 7.99. The largest absolute Gasteiger partial charge is 0.381 e. The Balaban J connectivity index is 1.60. The van der Waals surface area contributed by atoms with Gasteiger partial charge in [0.15, 0.2) is 0 Å². The number of fused-ring (bicyclic) bond motifs is 1. The van der Waals surface area contributed by atoms with Crippen molar-refractivity contribution in [1.29, 1.82) is 0 Å². The summed E-state index contributed by atoms with van der Waals surface area (Å²) in [4.78, 5) is 2.69. The number of morpholine rings is 1. The van der Waals surface area contributed by atoms with Gasteiger partial charge in [-0.05, 0) is 26.3 Å². The normalized spacial score (nSPS) is 40.9. The summed E-state index contributed by atoms with van der Waals surface area (Å²) in [6, 6.07) is 1.29. The maximum Gasteiger partial charge on any atom is 0.0730 e. The van der Waals surface area contributed by atoms with Crippen LogP contribution in [0.2, 0.25) is 0 Å². The molecule has 2 aliphatic heterocycles. The minimum atomic E-state index is 0.500. The summed E-state index contributed by atoms with van der Waals surface area (Å²) >= 11 is 0. The second-order valence-corrected chi connectivity index (χ2v) is 6.27. The molecular weight excluding hydrogens is 240 g/mol. The van der Waals surface area contributed by atoms with Crippen LogP contribution in [0, 0.1) is 5.92 Å². The van der Waals surface area contributed by atoms with Crippen LogP contribution in [0.4, 0.5) is 0 Å². The molecule has 1 N–H and O–H groups in total. The van der Waals surface area contributed by atoms with E-state index in [1.54, 1.807) is 0 Å². The Morgan fingerprint density at radius 2 is 2.05 bits per heavy atom. The minimum absolute atomic E-state index is 0.500. The standard InChI is InChI=1S/C15H28N2O2/c1-16-13-6-8-18-11-12(13)10-17-7-9-19-15-5-3-2-4-14(15)17/h12-16H,2-11H2,1H3. The van der Waals surface area contributed by atoms with Crippen LogP contribution < -0.4 is 5.32 Å². The molecule has 19 heavy (non-hydrogen) atoms. The molecule has 0 radical (unpaired) electrons. The molecule has 3 fully saturated rings. The first kappa shape index (κ1) is 13.8. The Hall–Kier alpha value is -0.160. The van der Waals surface area contributed by atoms with E-state index >= 15 is 0 Å². The number of nitrogens with zero attached hydrogens (tertiary/aromatic N) is 1. The van der Waals surface area contributed by atoms with E-state index in [4.69, 9.17) is 9.47 Å². The molecule has 2 saturated heterocycles. The molecule has 0 aromatic heterocycles. The molecule has 4 atom stereocenters. The molecule has 0 aromatic rings. The second-order valence-electron chi connectivity index (χ2n) is 6.27. The van der Waals surface area contributed by atoms with E-state index in [9.17, 15) is 0 Å². The Morgan fingerprint density at radius 3 is 2.95 bits per heavy atom. The van der Waals surface area contributed by atoms with Crippen molar-refractivity contribution in [1.82, 2.24) is 10.2 Å². The third kappa shape index (κ3) is 3.13. The van der Waals surface area contributed by atoms with Crippen molar-refractivity contribution >= 4 is 0 Å². The van der Waals surface area contributed by atoms with Crippen LogP contribution in [0.3, 0.4) is 0 Å². The molecule has 0 bridgehead atoms. The molecule has 0 amide bonds. The SMILES string of the molecule is CNC1CCOCC1CN1CCOC2CCCCC21. The molecule has 0 spiro atoms. The number of ether oxygens (including phenoxy) is 2. The van der Waals surface area contributed by atoms with Crippen LogP contribution in [0.15, 0.2) is 0 Å². The fraction of sp³-hybridized carbons (Fsp3) is 1.00. The first-order valence-electron chi connectivity index (χ1n) is 7.99. The molecule has 4 nitrogen and oxygen atoms in total. The highest BCUT2D eigenvalue weighted by Crippen LogP contribution is 2.29. The monoisotopic (exact) mass is 268 g/mol. The molecule has 3 rings (SSSR count). The zero-order valence-electron chi connectivity index (χ0n) is 12.1. The summed E-state index contributed by atoms with van der Waals surface area (Å²) in [6.07, 6.45) is 6.96. The quantitative estimate of drug-likeness (QED) is 0.835. The van der Waals surface area contributed by atoms with Gasteiger partial charge in [-0.3, -0.25) is 4.90 Å². The molecule has 4 unspecified atom stereocenters.